The molecule has 3 aromatic rings. The molecule has 0 bridgehead atoms. The summed E-state index contributed by atoms with van der Waals surface area (Å²) in [4.78, 5) is 4.17. The van der Waals surface area contributed by atoms with E-state index in [0.29, 0.717) is 0 Å². The monoisotopic (exact) mass is 359 g/mol. The van der Waals surface area contributed by atoms with Crippen LogP contribution in [0.1, 0.15) is 11.1 Å². The minimum absolute atomic E-state index is 0.266. The van der Waals surface area contributed by atoms with E-state index in [4.69, 9.17) is 0 Å². The van der Waals surface area contributed by atoms with E-state index in [-0.39, 0.29) is 10.0 Å². The van der Waals surface area contributed by atoms with Crippen molar-refractivity contribution in [1.29, 1.82) is 0 Å². The van der Waals surface area contributed by atoms with Crippen LogP contribution in [0.2, 0.25) is 0 Å². The molecule has 0 saturated carbocycles. The summed E-state index contributed by atoms with van der Waals surface area (Å²) in [5.41, 5.74) is 4.09. The van der Waals surface area contributed by atoms with Crippen molar-refractivity contribution in [3.05, 3.63) is 65.2 Å². The van der Waals surface area contributed by atoms with Crippen LogP contribution in [0.25, 0.3) is 0 Å². The maximum atomic E-state index is 12.2. The highest BCUT2D eigenvalue weighted by Crippen LogP contribution is 2.23. The number of thiophene rings is 1. The van der Waals surface area contributed by atoms with Gasteiger partial charge in [0, 0.05) is 5.69 Å². The van der Waals surface area contributed by atoms with Crippen molar-refractivity contribution in [2.24, 2.45) is 0 Å². The van der Waals surface area contributed by atoms with Crippen LogP contribution < -0.4 is 10.0 Å². The molecule has 3 rings (SSSR count). The molecule has 0 saturated heterocycles. The Hall–Kier alpha value is -2.38. The van der Waals surface area contributed by atoms with E-state index < -0.39 is 10.0 Å². The lowest BCUT2D eigenvalue weighted by atomic mass is 10.1. The van der Waals surface area contributed by atoms with Crippen LogP contribution >= 0.6 is 11.3 Å². The topological polar surface area (TPSA) is 71.1 Å². The highest BCUT2D eigenvalue weighted by atomic mass is 32.2. The number of hydrogen-bond acceptors (Lipinski definition) is 5. The quantitative estimate of drug-likeness (QED) is 0.712. The second-order valence-corrected chi connectivity index (χ2v) is 8.27. The SMILES string of the molecule is Cc1ccc(C)c(Nc2ccc(NS(=O)(=O)c3cccs3)nc2)c1. The number of hydrogen-bond donors (Lipinski definition) is 2. The molecule has 0 aliphatic rings. The molecule has 0 fully saturated rings. The highest BCUT2D eigenvalue weighted by Gasteiger charge is 2.15. The molecular weight excluding hydrogens is 342 g/mol. The van der Waals surface area contributed by atoms with E-state index in [1.807, 2.05) is 13.8 Å². The van der Waals surface area contributed by atoms with Gasteiger partial charge < -0.3 is 5.32 Å². The summed E-state index contributed by atoms with van der Waals surface area (Å²) in [7, 11) is -3.57. The zero-order valence-electron chi connectivity index (χ0n) is 13.3. The standard InChI is InChI=1S/C17H17N3O2S2/c1-12-5-6-13(2)15(10-12)19-14-7-8-16(18-11-14)20-24(21,22)17-4-3-9-23-17/h3-11,19H,1-2H3,(H,18,20). The molecule has 24 heavy (non-hydrogen) atoms. The summed E-state index contributed by atoms with van der Waals surface area (Å²) >= 11 is 1.17. The van der Waals surface area contributed by atoms with Crippen LogP contribution in [0.3, 0.4) is 0 Å². The summed E-state index contributed by atoms with van der Waals surface area (Å²) in [6.07, 6.45) is 1.61. The number of pyridine rings is 1. The minimum Gasteiger partial charge on any atom is -0.354 e. The number of rotatable bonds is 5. The van der Waals surface area contributed by atoms with Gasteiger partial charge >= 0.3 is 0 Å². The molecule has 0 atom stereocenters. The summed E-state index contributed by atoms with van der Waals surface area (Å²) < 4.78 is 27.1. The van der Waals surface area contributed by atoms with Gasteiger partial charge in [-0.1, -0.05) is 18.2 Å². The predicted octanol–water partition coefficient (Wildman–Crippen LogP) is 4.30. The summed E-state index contributed by atoms with van der Waals surface area (Å²) in [5.74, 6) is 0.287. The van der Waals surface area contributed by atoms with Crippen molar-refractivity contribution in [3.63, 3.8) is 0 Å². The average molecular weight is 359 g/mol. The lowest BCUT2D eigenvalue weighted by Crippen LogP contribution is -2.12. The number of aryl methyl sites for hydroxylation is 2. The smallest absolute Gasteiger partial charge is 0.272 e. The van der Waals surface area contributed by atoms with E-state index in [1.54, 1.807) is 35.8 Å². The lowest BCUT2D eigenvalue weighted by Gasteiger charge is -2.11. The summed E-state index contributed by atoms with van der Waals surface area (Å²) in [6.45, 7) is 4.06. The van der Waals surface area contributed by atoms with Crippen molar-refractivity contribution in [3.8, 4) is 0 Å². The Morgan fingerprint density at radius 3 is 2.58 bits per heavy atom. The molecule has 0 aliphatic heterocycles. The molecule has 7 heteroatoms. The van der Waals surface area contributed by atoms with E-state index in [0.717, 1.165) is 22.5 Å². The fraction of sp³-hybridized carbons (Fsp3) is 0.118. The molecule has 0 radical (unpaired) electrons. The maximum Gasteiger partial charge on any atom is 0.272 e. The first-order valence-electron chi connectivity index (χ1n) is 7.31. The van der Waals surface area contributed by atoms with Gasteiger partial charge in [-0.15, -0.1) is 11.3 Å². The molecule has 0 spiro atoms. The first kappa shape index (κ1) is 16.5. The molecule has 0 amide bonds. The predicted molar refractivity (Wildman–Crippen MR) is 98.6 cm³/mol. The Kier molecular flexibility index (Phi) is 4.55. The van der Waals surface area contributed by atoms with Crippen LogP contribution in [0.5, 0.6) is 0 Å². The Morgan fingerprint density at radius 2 is 1.92 bits per heavy atom. The second-order valence-electron chi connectivity index (χ2n) is 5.41. The Labute approximate surface area is 145 Å². The van der Waals surface area contributed by atoms with Gasteiger partial charge in [-0.2, -0.15) is 0 Å². The van der Waals surface area contributed by atoms with Gasteiger partial charge in [0.15, 0.2) is 0 Å². The van der Waals surface area contributed by atoms with Crippen LogP contribution in [-0.4, -0.2) is 13.4 Å². The van der Waals surface area contributed by atoms with Gasteiger partial charge in [0.05, 0.1) is 11.9 Å². The van der Waals surface area contributed by atoms with Gasteiger partial charge in [-0.25, -0.2) is 13.4 Å². The number of nitrogens with one attached hydrogen (secondary N) is 2. The van der Waals surface area contributed by atoms with Crippen LogP contribution in [0, 0.1) is 13.8 Å². The minimum atomic E-state index is -3.57. The molecule has 0 aliphatic carbocycles. The molecular formula is C17H17N3O2S2. The van der Waals surface area contributed by atoms with Crippen molar-refractivity contribution in [2.75, 3.05) is 10.0 Å². The number of nitrogens with zero attached hydrogens (tertiary/aromatic N) is 1. The first-order chi connectivity index (χ1) is 11.4. The fourth-order valence-electron chi connectivity index (χ4n) is 2.16. The van der Waals surface area contributed by atoms with Crippen molar-refractivity contribution in [2.45, 2.75) is 18.1 Å². The van der Waals surface area contributed by atoms with E-state index in [9.17, 15) is 8.42 Å². The largest absolute Gasteiger partial charge is 0.354 e. The Bertz CT molecular complexity index is 934. The van der Waals surface area contributed by atoms with Crippen LogP contribution in [0.15, 0.2) is 58.3 Å². The number of sulfonamides is 1. The molecule has 124 valence electrons. The normalized spacial score (nSPS) is 11.2. The third-order valence-corrected chi connectivity index (χ3v) is 6.19. The molecule has 2 N–H and O–H groups in total. The number of benzene rings is 1. The average Bonchev–Trinajstić information content (AvgIpc) is 3.08. The van der Waals surface area contributed by atoms with Gasteiger partial charge in [0.1, 0.15) is 10.0 Å². The van der Waals surface area contributed by atoms with Gasteiger partial charge in [0.25, 0.3) is 10.0 Å². The van der Waals surface area contributed by atoms with E-state index in [2.05, 4.69) is 33.2 Å². The Balaban J connectivity index is 1.75. The van der Waals surface area contributed by atoms with E-state index >= 15 is 0 Å². The van der Waals surface area contributed by atoms with Crippen LogP contribution in [0.4, 0.5) is 17.2 Å². The third kappa shape index (κ3) is 3.74. The molecule has 0 unspecified atom stereocenters. The molecule has 2 aromatic heterocycles. The van der Waals surface area contributed by atoms with Crippen molar-refractivity contribution < 1.29 is 8.42 Å². The second kappa shape index (κ2) is 6.62. The highest BCUT2D eigenvalue weighted by molar-refractivity contribution is 7.94. The van der Waals surface area contributed by atoms with Crippen molar-refractivity contribution >= 4 is 38.6 Å². The summed E-state index contributed by atoms with van der Waals surface area (Å²) in [6, 6.07) is 12.9. The first-order valence-corrected chi connectivity index (χ1v) is 9.67. The zero-order chi connectivity index (χ0) is 17.2. The number of anilines is 3. The Morgan fingerprint density at radius 1 is 1.08 bits per heavy atom. The molecule has 2 heterocycles. The maximum absolute atomic E-state index is 12.2. The van der Waals surface area contributed by atoms with Crippen LogP contribution in [-0.2, 0) is 10.0 Å². The number of aromatic nitrogens is 1. The zero-order valence-corrected chi connectivity index (χ0v) is 14.9. The van der Waals surface area contributed by atoms with Gasteiger partial charge in [-0.05, 0) is 54.6 Å². The third-order valence-electron chi connectivity index (χ3n) is 3.43. The molecule has 1 aromatic carbocycles. The fourth-order valence-corrected chi connectivity index (χ4v) is 4.16. The summed E-state index contributed by atoms with van der Waals surface area (Å²) in [5, 5.41) is 5.01. The molecule has 5 nitrogen and oxygen atoms in total. The lowest BCUT2D eigenvalue weighted by molar-refractivity contribution is 0.603. The van der Waals surface area contributed by atoms with Crippen molar-refractivity contribution in [1.82, 2.24) is 4.98 Å². The van der Waals surface area contributed by atoms with Gasteiger partial charge in [-0.3, -0.25) is 4.72 Å². The van der Waals surface area contributed by atoms with E-state index in [1.165, 1.54) is 11.3 Å². The van der Waals surface area contributed by atoms with Gasteiger partial charge in [0.2, 0.25) is 0 Å².